The van der Waals surface area contributed by atoms with Crippen molar-refractivity contribution < 1.29 is 8.22 Å². The second-order valence-corrected chi connectivity index (χ2v) is 14.5. The maximum Gasteiger partial charge on any atom is 0.0645 e. The van der Waals surface area contributed by atoms with Gasteiger partial charge in [0, 0.05) is 49.4 Å². The number of benzene rings is 9. The van der Waals surface area contributed by atoms with Gasteiger partial charge in [0.15, 0.2) is 0 Å². The summed E-state index contributed by atoms with van der Waals surface area (Å²) in [4.78, 5) is 0. The van der Waals surface area contributed by atoms with Gasteiger partial charge in [-0.2, -0.15) is 0 Å². The summed E-state index contributed by atoms with van der Waals surface area (Å²) in [5.41, 5.74) is 8.94. The van der Waals surface area contributed by atoms with E-state index in [-0.39, 0.29) is 58.4 Å². The van der Waals surface area contributed by atoms with Gasteiger partial charge in [-0.3, -0.25) is 0 Å². The standard InChI is InChI=1S/C54H35N3/c1-4-14-40(15-5-1)55-49-22-12-10-20-43(49)45-32-36(24-28-51(45)55)38-26-30-53-47(34-38)48-35-39(27-31-54(48)57(53)42-18-8-3-9-19-42)37-25-29-52-46(33-37)44-21-11-13-23-50(44)56(52)41-16-6-2-7-17-41/h1-35H/i26D,27D,30D,31D,34D,35D. The second-order valence-electron chi connectivity index (χ2n) is 14.5. The van der Waals surface area contributed by atoms with Gasteiger partial charge in [0.1, 0.15) is 0 Å². The van der Waals surface area contributed by atoms with Crippen LogP contribution in [0, 0.1) is 0 Å². The molecule has 0 aliphatic heterocycles. The molecule has 0 atom stereocenters. The first kappa shape index (κ1) is 26.2. The average Bonchev–Trinajstić information content (AvgIpc) is 3.98. The Morgan fingerprint density at radius 3 is 1.04 bits per heavy atom. The molecule has 0 unspecified atom stereocenters. The lowest BCUT2D eigenvalue weighted by atomic mass is 9.98. The maximum absolute atomic E-state index is 10.0. The Morgan fingerprint density at radius 2 is 0.614 bits per heavy atom. The van der Waals surface area contributed by atoms with Gasteiger partial charge in [0.2, 0.25) is 0 Å². The van der Waals surface area contributed by atoms with Crippen molar-refractivity contribution in [3.8, 4) is 39.3 Å². The Kier molecular flexibility index (Phi) is 5.73. The summed E-state index contributed by atoms with van der Waals surface area (Å²) >= 11 is 0. The lowest BCUT2D eigenvalue weighted by molar-refractivity contribution is 1.18. The van der Waals surface area contributed by atoms with Crippen molar-refractivity contribution in [3.05, 3.63) is 212 Å². The van der Waals surface area contributed by atoms with E-state index in [0.29, 0.717) is 27.6 Å². The quantitative estimate of drug-likeness (QED) is 0.167. The lowest BCUT2D eigenvalue weighted by Crippen LogP contribution is -1.93. The van der Waals surface area contributed by atoms with E-state index < -0.39 is 0 Å². The van der Waals surface area contributed by atoms with Crippen molar-refractivity contribution in [1.29, 1.82) is 0 Å². The minimum absolute atomic E-state index is 0.00482. The highest BCUT2D eigenvalue weighted by Gasteiger charge is 2.18. The Morgan fingerprint density at radius 1 is 0.263 bits per heavy atom. The van der Waals surface area contributed by atoms with Crippen molar-refractivity contribution in [2.45, 2.75) is 0 Å². The van der Waals surface area contributed by atoms with Gasteiger partial charge in [0.05, 0.1) is 41.3 Å². The molecule has 0 aliphatic carbocycles. The SMILES string of the molecule is [2H]c1c(-c2ccc3c(c2)c2ccccc2n3-c2ccccc2)c([2H])c2c3c([2H])c(-c4ccc5c(c4)c4ccccc4n5-c4ccccc4)c([2H])c([2H])c3n(-c3ccccc3)c2c1[2H]. The molecule has 0 radical (unpaired) electrons. The van der Waals surface area contributed by atoms with E-state index in [9.17, 15) is 8.22 Å². The van der Waals surface area contributed by atoms with Gasteiger partial charge < -0.3 is 13.7 Å². The number of para-hydroxylation sites is 5. The molecule has 12 aromatic rings. The van der Waals surface area contributed by atoms with Gasteiger partial charge >= 0.3 is 0 Å². The lowest BCUT2D eigenvalue weighted by Gasteiger charge is -2.09. The van der Waals surface area contributed by atoms with E-state index in [1.54, 1.807) is 4.57 Å². The Balaban J connectivity index is 1.16. The summed E-state index contributed by atoms with van der Waals surface area (Å²) < 4.78 is 64.8. The second kappa shape index (κ2) is 12.5. The van der Waals surface area contributed by atoms with Crippen LogP contribution in [0.3, 0.4) is 0 Å². The van der Waals surface area contributed by atoms with Crippen LogP contribution in [0.25, 0.3) is 105 Å². The first-order chi connectivity index (χ1) is 30.8. The van der Waals surface area contributed by atoms with Crippen LogP contribution in [0.2, 0.25) is 0 Å². The largest absolute Gasteiger partial charge is 0.309 e. The Labute approximate surface area is 337 Å². The van der Waals surface area contributed by atoms with E-state index in [4.69, 9.17) is 0 Å². The third-order valence-corrected chi connectivity index (χ3v) is 11.2. The van der Waals surface area contributed by atoms with Crippen LogP contribution >= 0.6 is 0 Å². The number of aromatic nitrogens is 3. The molecule has 0 spiro atoms. The molecule has 0 bridgehead atoms. The monoisotopic (exact) mass is 731 g/mol. The van der Waals surface area contributed by atoms with Crippen molar-refractivity contribution in [1.82, 2.24) is 13.7 Å². The number of nitrogens with zero attached hydrogens (tertiary/aromatic N) is 3. The van der Waals surface area contributed by atoms with E-state index in [1.165, 1.54) is 0 Å². The van der Waals surface area contributed by atoms with E-state index >= 15 is 0 Å². The molecule has 0 aliphatic rings. The zero-order valence-electron chi connectivity index (χ0n) is 36.6. The van der Waals surface area contributed by atoms with Gasteiger partial charge in [0.25, 0.3) is 0 Å². The zero-order chi connectivity index (χ0) is 42.7. The molecule has 0 fully saturated rings. The highest BCUT2D eigenvalue weighted by atomic mass is 15.0. The predicted octanol–water partition coefficient (Wildman–Crippen LogP) is 14.3. The van der Waals surface area contributed by atoms with Gasteiger partial charge in [-0.15, -0.1) is 0 Å². The smallest absolute Gasteiger partial charge is 0.0645 e. The molecule has 266 valence electrons. The van der Waals surface area contributed by atoms with Crippen LogP contribution in [0.15, 0.2) is 212 Å². The molecular formula is C54H35N3. The Hall–Kier alpha value is -7.62. The molecule has 3 nitrogen and oxygen atoms in total. The Bertz CT molecular complexity index is 3620. The molecule has 9 aromatic carbocycles. The topological polar surface area (TPSA) is 14.8 Å². The first-order valence-corrected chi connectivity index (χ1v) is 19.1. The van der Waals surface area contributed by atoms with Crippen LogP contribution < -0.4 is 0 Å². The summed E-state index contributed by atoms with van der Waals surface area (Å²) in [6, 6.07) is 57.4. The normalized spacial score (nSPS) is 13.3. The molecule has 57 heavy (non-hydrogen) atoms. The highest BCUT2D eigenvalue weighted by molar-refractivity contribution is 6.14. The molecule has 0 N–H and O–H groups in total. The average molecular weight is 732 g/mol. The fraction of sp³-hybridized carbons (Fsp3) is 0. The molecule has 0 amide bonds. The van der Waals surface area contributed by atoms with Crippen LogP contribution in [-0.2, 0) is 0 Å². The van der Waals surface area contributed by atoms with Crippen molar-refractivity contribution in [2.75, 3.05) is 0 Å². The molecule has 3 heterocycles. The van der Waals surface area contributed by atoms with E-state index in [0.717, 1.165) is 55.0 Å². The molecular weight excluding hydrogens is 691 g/mol. The van der Waals surface area contributed by atoms with Gasteiger partial charge in [-0.1, -0.05) is 115 Å². The molecule has 0 saturated heterocycles. The summed E-state index contributed by atoms with van der Waals surface area (Å²) in [5.74, 6) is 0. The van der Waals surface area contributed by atoms with E-state index in [1.807, 2.05) is 127 Å². The van der Waals surface area contributed by atoms with Crippen molar-refractivity contribution in [3.63, 3.8) is 0 Å². The number of rotatable bonds is 5. The molecule has 0 saturated carbocycles. The predicted molar refractivity (Wildman–Crippen MR) is 240 cm³/mol. The summed E-state index contributed by atoms with van der Waals surface area (Å²) in [5, 5.41) is 4.55. The zero-order valence-corrected chi connectivity index (χ0v) is 30.6. The summed E-state index contributed by atoms with van der Waals surface area (Å²) in [7, 11) is 0. The number of hydrogen-bond acceptors (Lipinski definition) is 0. The van der Waals surface area contributed by atoms with Gasteiger partial charge in [-0.25, -0.2) is 0 Å². The van der Waals surface area contributed by atoms with Crippen LogP contribution in [0.1, 0.15) is 8.22 Å². The third kappa shape index (κ3) is 4.86. The minimum atomic E-state index is -0.122. The van der Waals surface area contributed by atoms with Crippen molar-refractivity contribution in [2.24, 2.45) is 0 Å². The molecule has 3 heteroatoms. The molecule has 3 aromatic heterocycles. The fourth-order valence-corrected chi connectivity index (χ4v) is 8.70. The van der Waals surface area contributed by atoms with Crippen LogP contribution in [0.5, 0.6) is 0 Å². The van der Waals surface area contributed by atoms with Crippen molar-refractivity contribution >= 4 is 65.4 Å². The highest BCUT2D eigenvalue weighted by Crippen LogP contribution is 2.41. The fourth-order valence-electron chi connectivity index (χ4n) is 8.70. The van der Waals surface area contributed by atoms with Gasteiger partial charge in [-0.05, 0) is 119 Å². The summed E-state index contributed by atoms with van der Waals surface area (Å²) in [6.07, 6.45) is 0. The third-order valence-electron chi connectivity index (χ3n) is 11.2. The number of fused-ring (bicyclic) bond motifs is 9. The van der Waals surface area contributed by atoms with Crippen LogP contribution in [-0.4, -0.2) is 13.7 Å². The van der Waals surface area contributed by atoms with Crippen LogP contribution in [0.4, 0.5) is 0 Å². The summed E-state index contributed by atoms with van der Waals surface area (Å²) in [6.45, 7) is 0. The van der Waals surface area contributed by atoms with E-state index in [2.05, 4.69) is 57.7 Å². The minimum Gasteiger partial charge on any atom is -0.309 e. The number of hydrogen-bond donors (Lipinski definition) is 0. The maximum atomic E-state index is 10.0. The molecule has 12 rings (SSSR count). The first-order valence-electron chi connectivity index (χ1n) is 22.1.